The molecule has 0 saturated heterocycles. The van der Waals surface area contributed by atoms with Crippen LogP contribution in [0, 0.1) is 19.8 Å². The van der Waals surface area contributed by atoms with Gasteiger partial charge in [0.1, 0.15) is 0 Å². The van der Waals surface area contributed by atoms with Gasteiger partial charge in [0.2, 0.25) is 0 Å². The number of hydrogen-bond donors (Lipinski definition) is 2. The molecule has 2 aromatic heterocycles. The highest BCUT2D eigenvalue weighted by Gasteiger charge is 2.12. The van der Waals surface area contributed by atoms with E-state index < -0.39 is 0 Å². The van der Waals surface area contributed by atoms with Crippen LogP contribution in [-0.4, -0.2) is 42.5 Å². The van der Waals surface area contributed by atoms with E-state index in [0.29, 0.717) is 19.1 Å². The van der Waals surface area contributed by atoms with Crippen molar-refractivity contribution in [2.24, 2.45) is 10.9 Å². The number of hydrogen-bond acceptors (Lipinski definition) is 4. The van der Waals surface area contributed by atoms with Crippen molar-refractivity contribution in [3.63, 3.8) is 0 Å². The molecule has 28 heavy (non-hydrogen) atoms. The normalized spacial score (nSPS) is 12.5. The third kappa shape index (κ3) is 7.71. The quantitative estimate of drug-likeness (QED) is 0.285. The highest BCUT2D eigenvalue weighted by molar-refractivity contribution is 14.0. The number of aliphatic imine (C=N–C) groups is 1. The third-order valence-electron chi connectivity index (χ3n) is 4.53. The second-order valence-electron chi connectivity index (χ2n) is 6.83. The maximum Gasteiger partial charge on any atom is 0.191 e. The van der Waals surface area contributed by atoms with Crippen LogP contribution in [0.5, 0.6) is 0 Å². The lowest BCUT2D eigenvalue weighted by molar-refractivity contribution is 0.182. The average Bonchev–Trinajstić information content (AvgIpc) is 3.24. The van der Waals surface area contributed by atoms with E-state index >= 15 is 0 Å². The Morgan fingerprint density at radius 3 is 2.79 bits per heavy atom. The fraction of sp³-hybridized carbons (Fsp3) is 0.600. The zero-order chi connectivity index (χ0) is 19.6. The first-order chi connectivity index (χ1) is 13.0. The Bertz CT molecular complexity index is 715. The van der Waals surface area contributed by atoms with Crippen LogP contribution in [0.3, 0.4) is 0 Å². The second kappa shape index (κ2) is 13.2. The summed E-state index contributed by atoms with van der Waals surface area (Å²) in [7, 11) is 1.71. The van der Waals surface area contributed by atoms with Crippen LogP contribution in [-0.2, 0) is 24.2 Å². The van der Waals surface area contributed by atoms with Crippen molar-refractivity contribution in [2.75, 3.05) is 26.8 Å². The minimum Gasteiger partial charge on any atom is -0.383 e. The van der Waals surface area contributed by atoms with E-state index in [0.717, 1.165) is 43.4 Å². The predicted molar refractivity (Wildman–Crippen MR) is 129 cm³/mol. The Morgan fingerprint density at radius 1 is 1.36 bits per heavy atom. The van der Waals surface area contributed by atoms with Gasteiger partial charge in [0.15, 0.2) is 5.96 Å². The summed E-state index contributed by atoms with van der Waals surface area (Å²) in [5.41, 5.74) is 3.39. The molecular weight excluding hydrogens is 485 g/mol. The lowest BCUT2D eigenvalue weighted by atomic mass is 10.1. The van der Waals surface area contributed by atoms with E-state index in [1.54, 1.807) is 7.11 Å². The molecule has 0 amide bonds. The molecule has 1 atom stereocenters. The summed E-state index contributed by atoms with van der Waals surface area (Å²) in [6, 6.07) is 4.32. The number of aryl methyl sites for hydroxylation is 1. The molecule has 0 aliphatic rings. The van der Waals surface area contributed by atoms with Crippen LogP contribution in [0.2, 0.25) is 0 Å². The summed E-state index contributed by atoms with van der Waals surface area (Å²) in [5.74, 6) is 1.41. The molecule has 0 aliphatic carbocycles. The topological polar surface area (TPSA) is 63.5 Å². The number of guanidine groups is 1. The fourth-order valence-electron chi connectivity index (χ4n) is 2.97. The van der Waals surface area contributed by atoms with Gasteiger partial charge in [-0.2, -0.15) is 5.10 Å². The molecule has 1 unspecified atom stereocenters. The molecule has 0 aliphatic heterocycles. The molecular formula is C20H34IN5OS. The molecule has 2 heterocycles. The highest BCUT2D eigenvalue weighted by atomic mass is 127. The summed E-state index contributed by atoms with van der Waals surface area (Å²) in [5, 5.41) is 13.6. The number of nitrogens with one attached hydrogen (secondary N) is 2. The van der Waals surface area contributed by atoms with Crippen molar-refractivity contribution < 1.29 is 4.74 Å². The molecule has 0 bridgehead atoms. The minimum atomic E-state index is 0. The number of rotatable bonds is 10. The summed E-state index contributed by atoms with van der Waals surface area (Å²) in [4.78, 5) is 6.21. The third-order valence-corrected chi connectivity index (χ3v) is 5.42. The molecule has 0 radical (unpaired) electrons. The molecule has 0 saturated carbocycles. The number of halogens is 1. The van der Waals surface area contributed by atoms with Crippen LogP contribution in [0.15, 0.2) is 22.5 Å². The first-order valence-electron chi connectivity index (χ1n) is 9.61. The van der Waals surface area contributed by atoms with Crippen molar-refractivity contribution in [2.45, 2.75) is 47.2 Å². The van der Waals surface area contributed by atoms with E-state index in [4.69, 9.17) is 9.73 Å². The van der Waals surface area contributed by atoms with E-state index in [1.807, 2.05) is 22.9 Å². The van der Waals surface area contributed by atoms with E-state index in [1.165, 1.54) is 10.4 Å². The van der Waals surface area contributed by atoms with Crippen molar-refractivity contribution >= 4 is 41.3 Å². The maximum absolute atomic E-state index is 5.16. The largest absolute Gasteiger partial charge is 0.383 e. The molecule has 0 spiro atoms. The molecule has 158 valence electrons. The second-order valence-corrected chi connectivity index (χ2v) is 7.86. The van der Waals surface area contributed by atoms with Crippen molar-refractivity contribution in [1.82, 2.24) is 20.4 Å². The van der Waals surface area contributed by atoms with Crippen molar-refractivity contribution in [3.8, 4) is 0 Å². The van der Waals surface area contributed by atoms with Crippen LogP contribution in [0.4, 0.5) is 0 Å². The van der Waals surface area contributed by atoms with Crippen LogP contribution in [0.1, 0.15) is 35.7 Å². The molecule has 0 aromatic carbocycles. The molecule has 6 nitrogen and oxygen atoms in total. The van der Waals surface area contributed by atoms with E-state index in [9.17, 15) is 0 Å². The van der Waals surface area contributed by atoms with Gasteiger partial charge >= 0.3 is 0 Å². The Morgan fingerprint density at radius 2 is 2.14 bits per heavy atom. The highest BCUT2D eigenvalue weighted by Crippen LogP contribution is 2.15. The molecule has 2 rings (SSSR count). The smallest absolute Gasteiger partial charge is 0.191 e. The van der Waals surface area contributed by atoms with Crippen LogP contribution >= 0.6 is 35.3 Å². The summed E-state index contributed by atoms with van der Waals surface area (Å²) >= 11 is 1.82. The number of methoxy groups -OCH3 is 1. The predicted octanol–water partition coefficient (Wildman–Crippen LogP) is 3.76. The van der Waals surface area contributed by atoms with Crippen LogP contribution < -0.4 is 10.6 Å². The van der Waals surface area contributed by atoms with Gasteiger partial charge in [0, 0.05) is 36.3 Å². The van der Waals surface area contributed by atoms with E-state index in [-0.39, 0.29) is 24.0 Å². The van der Waals surface area contributed by atoms with Gasteiger partial charge in [-0.25, -0.2) is 4.99 Å². The zero-order valence-electron chi connectivity index (χ0n) is 17.6. The number of ether oxygens (including phenoxy) is 1. The first-order valence-corrected chi connectivity index (χ1v) is 10.5. The van der Waals surface area contributed by atoms with Crippen LogP contribution in [0.25, 0.3) is 0 Å². The number of nitrogens with zero attached hydrogens (tertiary/aromatic N) is 3. The molecule has 2 N–H and O–H groups in total. The van der Waals surface area contributed by atoms with Gasteiger partial charge in [-0.05, 0) is 44.6 Å². The van der Waals surface area contributed by atoms with Gasteiger partial charge in [0.25, 0.3) is 0 Å². The number of thiophene rings is 1. The average molecular weight is 519 g/mol. The Balaban J connectivity index is 0.00000392. The molecule has 8 heteroatoms. The van der Waals surface area contributed by atoms with Crippen molar-refractivity contribution in [1.29, 1.82) is 0 Å². The van der Waals surface area contributed by atoms with Gasteiger partial charge in [0.05, 0.1) is 25.4 Å². The Kier molecular flexibility index (Phi) is 11.7. The SMILES string of the molecule is CCNC(=NCc1c(C)nn(CCOC)c1C)NCC(C)Cc1cccs1.I. The summed E-state index contributed by atoms with van der Waals surface area (Å²) in [6.45, 7) is 12.3. The standard InChI is InChI=1S/C20H33N5OS.HI/c1-6-21-20(22-13-15(2)12-18-8-7-11-27-18)23-14-19-16(3)24-25(17(19)4)9-10-26-5;/h7-8,11,15H,6,9-10,12-14H2,1-5H3,(H2,21,22,23);1H. The summed E-state index contributed by atoms with van der Waals surface area (Å²) in [6.07, 6.45) is 1.09. The number of aromatic nitrogens is 2. The summed E-state index contributed by atoms with van der Waals surface area (Å²) < 4.78 is 7.17. The maximum atomic E-state index is 5.16. The fourth-order valence-corrected chi connectivity index (χ4v) is 3.84. The lowest BCUT2D eigenvalue weighted by Gasteiger charge is -2.15. The Hall–Kier alpha value is -1.13. The van der Waals surface area contributed by atoms with E-state index in [2.05, 4.69) is 54.0 Å². The molecule has 0 fully saturated rings. The van der Waals surface area contributed by atoms with Crippen molar-refractivity contribution in [3.05, 3.63) is 39.3 Å². The monoisotopic (exact) mass is 519 g/mol. The van der Waals surface area contributed by atoms with Gasteiger partial charge in [-0.15, -0.1) is 35.3 Å². The minimum absolute atomic E-state index is 0. The lowest BCUT2D eigenvalue weighted by Crippen LogP contribution is -2.39. The zero-order valence-corrected chi connectivity index (χ0v) is 20.8. The Labute approximate surface area is 190 Å². The first kappa shape index (κ1) is 24.9. The van der Waals surface area contributed by atoms with Gasteiger partial charge < -0.3 is 15.4 Å². The van der Waals surface area contributed by atoms with Gasteiger partial charge in [-0.1, -0.05) is 13.0 Å². The molecule has 2 aromatic rings. The van der Waals surface area contributed by atoms with Gasteiger partial charge in [-0.3, -0.25) is 4.68 Å².